The third kappa shape index (κ3) is 2.84. The fourth-order valence-corrected chi connectivity index (χ4v) is 3.80. The molecule has 0 saturated carbocycles. The zero-order chi connectivity index (χ0) is 15.0. The third-order valence-electron chi connectivity index (χ3n) is 3.57. The van der Waals surface area contributed by atoms with Crippen LogP contribution in [0.4, 0.5) is 11.4 Å². The number of fused-ring (bicyclic) bond motifs is 1. The van der Waals surface area contributed by atoms with Gasteiger partial charge in [0, 0.05) is 24.3 Å². The monoisotopic (exact) mass is 322 g/mol. The van der Waals surface area contributed by atoms with Gasteiger partial charge >= 0.3 is 0 Å². The van der Waals surface area contributed by atoms with Crippen LogP contribution in [0.15, 0.2) is 47.4 Å². The number of hydrogen-bond acceptors (Lipinski definition) is 3. The zero-order valence-electron chi connectivity index (χ0n) is 11.5. The second-order valence-electron chi connectivity index (χ2n) is 5.08. The Hall–Kier alpha value is -1.72. The molecular formula is C15H15ClN2O2S. The summed E-state index contributed by atoms with van der Waals surface area (Å²) in [5.41, 5.74) is 2.87. The molecule has 1 N–H and O–H groups in total. The van der Waals surface area contributed by atoms with Crippen LogP contribution in [0.2, 0.25) is 5.02 Å². The van der Waals surface area contributed by atoms with Crippen molar-refractivity contribution in [2.24, 2.45) is 0 Å². The minimum atomic E-state index is -3.62. The first-order chi connectivity index (χ1) is 9.95. The van der Waals surface area contributed by atoms with Crippen molar-refractivity contribution in [1.29, 1.82) is 0 Å². The van der Waals surface area contributed by atoms with E-state index < -0.39 is 10.0 Å². The average molecular weight is 323 g/mol. The second-order valence-corrected chi connectivity index (χ2v) is 7.20. The molecule has 1 aliphatic rings. The summed E-state index contributed by atoms with van der Waals surface area (Å²) in [5, 5.41) is 0.395. The molecule has 1 aliphatic heterocycles. The summed E-state index contributed by atoms with van der Waals surface area (Å²) in [7, 11) is -1.62. The average Bonchev–Trinajstić information content (AvgIpc) is 2.80. The van der Waals surface area contributed by atoms with Gasteiger partial charge in [0.2, 0.25) is 0 Å². The predicted molar refractivity (Wildman–Crippen MR) is 85.7 cm³/mol. The van der Waals surface area contributed by atoms with Crippen LogP contribution >= 0.6 is 11.6 Å². The molecule has 0 fully saturated rings. The van der Waals surface area contributed by atoms with Crippen LogP contribution in [0.5, 0.6) is 0 Å². The molecule has 0 atom stereocenters. The minimum absolute atomic E-state index is 0.156. The number of hydrogen-bond donors (Lipinski definition) is 1. The summed E-state index contributed by atoms with van der Waals surface area (Å²) in [5.74, 6) is 0. The van der Waals surface area contributed by atoms with Crippen molar-refractivity contribution in [3.05, 3.63) is 53.1 Å². The SMILES string of the molecule is CN1CCc2ccc(NS(=O)(=O)c3cccc(Cl)c3)cc21. The van der Waals surface area contributed by atoms with Gasteiger partial charge in [0.05, 0.1) is 10.6 Å². The van der Waals surface area contributed by atoms with E-state index in [4.69, 9.17) is 11.6 Å². The summed E-state index contributed by atoms with van der Waals surface area (Å²) in [6.07, 6.45) is 0.993. The van der Waals surface area contributed by atoms with Gasteiger partial charge in [-0.1, -0.05) is 23.7 Å². The molecular weight excluding hydrogens is 308 g/mol. The lowest BCUT2D eigenvalue weighted by atomic mass is 10.1. The number of likely N-dealkylation sites (N-methyl/N-ethyl adjacent to an activating group) is 1. The van der Waals surface area contributed by atoms with E-state index in [9.17, 15) is 8.42 Å². The lowest BCUT2D eigenvalue weighted by Gasteiger charge is -2.14. The van der Waals surface area contributed by atoms with Gasteiger partial charge in [-0.3, -0.25) is 4.72 Å². The standard InChI is InChI=1S/C15H15ClN2O2S/c1-18-8-7-11-5-6-13(10-15(11)18)17-21(19,20)14-4-2-3-12(16)9-14/h2-6,9-10,17H,7-8H2,1H3. The molecule has 1 heterocycles. The van der Waals surface area contributed by atoms with Gasteiger partial charge < -0.3 is 4.90 Å². The van der Waals surface area contributed by atoms with Gasteiger partial charge in [-0.15, -0.1) is 0 Å². The Balaban J connectivity index is 1.91. The molecule has 0 aromatic heterocycles. The van der Waals surface area contributed by atoms with Crippen LogP contribution in [-0.2, 0) is 16.4 Å². The molecule has 0 unspecified atom stereocenters. The maximum absolute atomic E-state index is 12.4. The van der Waals surface area contributed by atoms with Gasteiger partial charge in [-0.05, 0) is 42.3 Å². The third-order valence-corrected chi connectivity index (χ3v) is 5.19. The van der Waals surface area contributed by atoms with Gasteiger partial charge in [0.15, 0.2) is 0 Å². The highest BCUT2D eigenvalue weighted by Gasteiger charge is 2.18. The van der Waals surface area contributed by atoms with Gasteiger partial charge in [0.25, 0.3) is 10.0 Å². The first kappa shape index (κ1) is 14.2. The fourth-order valence-electron chi connectivity index (χ4n) is 2.45. The lowest BCUT2D eigenvalue weighted by Crippen LogP contribution is -2.14. The summed E-state index contributed by atoms with van der Waals surface area (Å²) < 4.78 is 27.3. The largest absolute Gasteiger partial charge is 0.374 e. The molecule has 0 bridgehead atoms. The Bertz CT molecular complexity index is 790. The molecule has 110 valence electrons. The van der Waals surface area contributed by atoms with E-state index in [-0.39, 0.29) is 4.90 Å². The molecule has 0 aliphatic carbocycles. The number of halogens is 1. The van der Waals surface area contributed by atoms with Crippen LogP contribution in [-0.4, -0.2) is 22.0 Å². The van der Waals surface area contributed by atoms with Crippen molar-refractivity contribution in [1.82, 2.24) is 0 Å². The van der Waals surface area contributed by atoms with Gasteiger partial charge in [0.1, 0.15) is 0 Å². The summed E-state index contributed by atoms with van der Waals surface area (Å²) in [6, 6.07) is 11.8. The molecule has 2 aromatic carbocycles. The summed E-state index contributed by atoms with van der Waals surface area (Å²) in [6.45, 7) is 0.958. The number of rotatable bonds is 3. The van der Waals surface area contributed by atoms with Crippen molar-refractivity contribution < 1.29 is 8.42 Å². The van der Waals surface area contributed by atoms with Crippen LogP contribution in [0.25, 0.3) is 0 Å². The molecule has 4 nitrogen and oxygen atoms in total. The maximum atomic E-state index is 12.4. The molecule has 2 aromatic rings. The van der Waals surface area contributed by atoms with E-state index in [2.05, 4.69) is 9.62 Å². The Morgan fingerprint density at radius 1 is 1.19 bits per heavy atom. The Labute approximate surface area is 129 Å². The summed E-state index contributed by atoms with van der Waals surface area (Å²) in [4.78, 5) is 2.27. The smallest absolute Gasteiger partial charge is 0.261 e. The number of sulfonamides is 1. The van der Waals surface area contributed by atoms with Crippen LogP contribution in [0, 0.1) is 0 Å². The number of anilines is 2. The minimum Gasteiger partial charge on any atom is -0.374 e. The topological polar surface area (TPSA) is 49.4 Å². The normalized spacial score (nSPS) is 14.1. The van der Waals surface area contributed by atoms with Crippen LogP contribution < -0.4 is 9.62 Å². The highest BCUT2D eigenvalue weighted by molar-refractivity contribution is 7.92. The molecule has 6 heteroatoms. The lowest BCUT2D eigenvalue weighted by molar-refractivity contribution is 0.601. The van der Waals surface area contributed by atoms with Gasteiger partial charge in [-0.25, -0.2) is 8.42 Å². The van der Waals surface area contributed by atoms with E-state index in [0.29, 0.717) is 10.7 Å². The molecule has 21 heavy (non-hydrogen) atoms. The molecule has 3 rings (SSSR count). The molecule has 0 amide bonds. The van der Waals surface area contributed by atoms with Crippen LogP contribution in [0.1, 0.15) is 5.56 Å². The number of nitrogens with one attached hydrogen (secondary N) is 1. The van der Waals surface area contributed by atoms with E-state index in [0.717, 1.165) is 18.7 Å². The van der Waals surface area contributed by atoms with Crippen molar-refractivity contribution >= 4 is 33.0 Å². The number of nitrogens with zero attached hydrogens (tertiary/aromatic N) is 1. The van der Waals surface area contributed by atoms with Crippen LogP contribution in [0.3, 0.4) is 0 Å². The number of benzene rings is 2. The van der Waals surface area contributed by atoms with Crippen molar-refractivity contribution in [2.45, 2.75) is 11.3 Å². The van der Waals surface area contributed by atoms with E-state index in [1.165, 1.54) is 17.7 Å². The second kappa shape index (κ2) is 5.24. The first-order valence-corrected chi connectivity index (χ1v) is 8.44. The zero-order valence-corrected chi connectivity index (χ0v) is 13.1. The van der Waals surface area contributed by atoms with Crippen molar-refractivity contribution in [3.8, 4) is 0 Å². The fraction of sp³-hybridized carbons (Fsp3) is 0.200. The van der Waals surface area contributed by atoms with E-state index in [1.54, 1.807) is 18.2 Å². The first-order valence-electron chi connectivity index (χ1n) is 6.58. The highest BCUT2D eigenvalue weighted by atomic mass is 35.5. The van der Waals surface area contributed by atoms with E-state index in [1.807, 2.05) is 19.2 Å². The Morgan fingerprint density at radius 2 is 2.00 bits per heavy atom. The van der Waals surface area contributed by atoms with Crippen molar-refractivity contribution in [3.63, 3.8) is 0 Å². The quantitative estimate of drug-likeness (QED) is 0.944. The summed E-state index contributed by atoms with van der Waals surface area (Å²) >= 11 is 5.85. The molecule has 0 radical (unpaired) electrons. The highest BCUT2D eigenvalue weighted by Crippen LogP contribution is 2.30. The predicted octanol–water partition coefficient (Wildman–Crippen LogP) is 3.13. The van der Waals surface area contributed by atoms with Gasteiger partial charge in [-0.2, -0.15) is 0 Å². The molecule has 0 spiro atoms. The maximum Gasteiger partial charge on any atom is 0.261 e. The van der Waals surface area contributed by atoms with Crippen molar-refractivity contribution in [2.75, 3.05) is 23.2 Å². The molecule has 0 saturated heterocycles. The Morgan fingerprint density at radius 3 is 2.76 bits per heavy atom. The Kier molecular flexibility index (Phi) is 3.55. The van der Waals surface area contributed by atoms with E-state index >= 15 is 0 Å².